The van der Waals surface area contributed by atoms with Gasteiger partial charge in [-0.25, -0.2) is 4.98 Å². The minimum absolute atomic E-state index is 0.196. The summed E-state index contributed by atoms with van der Waals surface area (Å²) in [6.45, 7) is 0.253. The fraction of sp³-hybridized carbons (Fsp3) is 0.412. The van der Waals surface area contributed by atoms with Crippen molar-refractivity contribution < 1.29 is 18.0 Å². The average molecular weight is 337 g/mol. The molecule has 24 heavy (non-hydrogen) atoms. The number of halogens is 3. The first-order chi connectivity index (χ1) is 11.4. The minimum atomic E-state index is -4.40. The Balaban J connectivity index is 1.66. The van der Waals surface area contributed by atoms with Crippen molar-refractivity contribution in [1.82, 2.24) is 14.9 Å². The Bertz CT molecular complexity index is 748. The first kappa shape index (κ1) is 16.5. The van der Waals surface area contributed by atoms with Gasteiger partial charge in [0, 0.05) is 18.3 Å². The smallest absolute Gasteiger partial charge is 0.345 e. The van der Waals surface area contributed by atoms with Crippen molar-refractivity contribution in [2.24, 2.45) is 7.05 Å². The summed E-state index contributed by atoms with van der Waals surface area (Å²) < 4.78 is 39.6. The van der Waals surface area contributed by atoms with Gasteiger partial charge in [-0.3, -0.25) is 4.79 Å². The zero-order valence-electron chi connectivity index (χ0n) is 13.3. The summed E-state index contributed by atoms with van der Waals surface area (Å²) in [5.74, 6) is 0.354. The molecule has 0 saturated carbocycles. The van der Waals surface area contributed by atoms with E-state index in [0.717, 1.165) is 49.3 Å². The molecule has 1 aromatic heterocycles. The predicted molar refractivity (Wildman–Crippen MR) is 82.5 cm³/mol. The van der Waals surface area contributed by atoms with E-state index in [2.05, 4.69) is 10.3 Å². The number of hydrogen-bond donors (Lipinski definition) is 1. The van der Waals surface area contributed by atoms with Crippen molar-refractivity contribution in [3.63, 3.8) is 0 Å². The number of alkyl halides is 3. The SMILES string of the molecule is Cn1c(CNC(=O)c2ccc(C(F)(F)F)cc2)nc2c1CCCC2. The molecule has 0 radical (unpaired) electrons. The number of carbonyl (C=O) groups excluding carboxylic acids is 1. The number of amides is 1. The van der Waals surface area contributed by atoms with Gasteiger partial charge < -0.3 is 9.88 Å². The van der Waals surface area contributed by atoms with Gasteiger partial charge in [-0.1, -0.05) is 0 Å². The zero-order valence-corrected chi connectivity index (χ0v) is 13.3. The van der Waals surface area contributed by atoms with Gasteiger partial charge in [0.1, 0.15) is 5.82 Å². The summed E-state index contributed by atoms with van der Waals surface area (Å²) in [6, 6.07) is 4.19. The first-order valence-corrected chi connectivity index (χ1v) is 7.85. The monoisotopic (exact) mass is 337 g/mol. The fourth-order valence-electron chi connectivity index (χ4n) is 2.97. The molecule has 0 bridgehead atoms. The molecule has 1 aliphatic rings. The van der Waals surface area contributed by atoms with Crippen molar-refractivity contribution >= 4 is 5.91 Å². The van der Waals surface area contributed by atoms with Gasteiger partial charge in [0.25, 0.3) is 5.91 Å². The Labute approximate surface area is 137 Å². The summed E-state index contributed by atoms with van der Waals surface area (Å²) in [5.41, 5.74) is 1.72. The van der Waals surface area contributed by atoms with Crippen molar-refractivity contribution in [2.75, 3.05) is 0 Å². The number of aryl methyl sites for hydroxylation is 1. The summed E-state index contributed by atoms with van der Waals surface area (Å²) in [7, 11) is 1.93. The van der Waals surface area contributed by atoms with E-state index in [0.29, 0.717) is 0 Å². The van der Waals surface area contributed by atoms with Crippen LogP contribution in [-0.2, 0) is 32.6 Å². The third-order valence-electron chi connectivity index (χ3n) is 4.35. The minimum Gasteiger partial charge on any atom is -0.345 e. The second-order valence-electron chi connectivity index (χ2n) is 5.95. The van der Waals surface area contributed by atoms with E-state index in [1.165, 1.54) is 17.8 Å². The Morgan fingerprint density at radius 2 is 1.88 bits per heavy atom. The third kappa shape index (κ3) is 3.29. The predicted octanol–water partition coefficient (Wildman–Crippen LogP) is 3.25. The van der Waals surface area contributed by atoms with Crippen molar-refractivity contribution in [3.8, 4) is 0 Å². The largest absolute Gasteiger partial charge is 0.416 e. The van der Waals surface area contributed by atoms with Gasteiger partial charge in [0.2, 0.25) is 0 Å². The van der Waals surface area contributed by atoms with E-state index >= 15 is 0 Å². The van der Waals surface area contributed by atoms with E-state index in [4.69, 9.17) is 0 Å². The topological polar surface area (TPSA) is 46.9 Å². The molecule has 1 heterocycles. The highest BCUT2D eigenvalue weighted by Gasteiger charge is 2.30. The first-order valence-electron chi connectivity index (χ1n) is 7.85. The number of hydrogen-bond acceptors (Lipinski definition) is 2. The number of imidazole rings is 1. The van der Waals surface area contributed by atoms with E-state index in [9.17, 15) is 18.0 Å². The lowest BCUT2D eigenvalue weighted by Gasteiger charge is -2.11. The van der Waals surface area contributed by atoms with E-state index in [1.807, 2.05) is 11.6 Å². The summed E-state index contributed by atoms with van der Waals surface area (Å²) >= 11 is 0. The van der Waals surface area contributed by atoms with Crippen LogP contribution in [0.25, 0.3) is 0 Å². The van der Waals surface area contributed by atoms with Crippen LogP contribution in [0.5, 0.6) is 0 Å². The number of nitrogens with one attached hydrogen (secondary N) is 1. The van der Waals surface area contributed by atoms with Gasteiger partial charge in [-0.2, -0.15) is 13.2 Å². The number of fused-ring (bicyclic) bond motifs is 1. The number of nitrogens with zero attached hydrogens (tertiary/aromatic N) is 2. The molecule has 0 fully saturated rings. The Hall–Kier alpha value is -2.31. The van der Waals surface area contributed by atoms with Gasteiger partial charge >= 0.3 is 6.18 Å². The van der Waals surface area contributed by atoms with E-state index in [1.54, 1.807) is 0 Å². The Morgan fingerprint density at radius 3 is 2.50 bits per heavy atom. The van der Waals surface area contributed by atoms with Crippen LogP contribution in [0.15, 0.2) is 24.3 Å². The van der Waals surface area contributed by atoms with Crippen molar-refractivity contribution in [3.05, 3.63) is 52.6 Å². The quantitative estimate of drug-likeness (QED) is 0.935. The molecule has 1 aliphatic carbocycles. The molecule has 0 spiro atoms. The second kappa shape index (κ2) is 6.30. The lowest BCUT2D eigenvalue weighted by Crippen LogP contribution is -2.24. The van der Waals surface area contributed by atoms with Crippen LogP contribution in [0.4, 0.5) is 13.2 Å². The maximum Gasteiger partial charge on any atom is 0.416 e. The van der Waals surface area contributed by atoms with Crippen LogP contribution in [0.1, 0.15) is 46.0 Å². The summed E-state index contributed by atoms with van der Waals surface area (Å²) in [5, 5.41) is 2.72. The molecular weight excluding hydrogens is 319 g/mol. The van der Waals surface area contributed by atoms with Gasteiger partial charge in [-0.15, -0.1) is 0 Å². The highest BCUT2D eigenvalue weighted by atomic mass is 19.4. The van der Waals surface area contributed by atoms with Gasteiger partial charge in [0.05, 0.1) is 17.8 Å². The molecule has 0 atom stereocenters. The van der Waals surface area contributed by atoms with Gasteiger partial charge in [0.15, 0.2) is 0 Å². The Kier molecular flexibility index (Phi) is 4.34. The maximum atomic E-state index is 12.5. The molecule has 1 N–H and O–H groups in total. The number of benzene rings is 1. The number of rotatable bonds is 3. The molecule has 7 heteroatoms. The number of aromatic nitrogens is 2. The molecule has 1 aromatic carbocycles. The lowest BCUT2D eigenvalue weighted by atomic mass is 10.0. The maximum absolute atomic E-state index is 12.5. The molecule has 0 aliphatic heterocycles. The number of carbonyl (C=O) groups is 1. The highest BCUT2D eigenvalue weighted by Crippen LogP contribution is 2.29. The lowest BCUT2D eigenvalue weighted by molar-refractivity contribution is -0.137. The van der Waals surface area contributed by atoms with Crippen LogP contribution in [0, 0.1) is 0 Å². The fourth-order valence-corrected chi connectivity index (χ4v) is 2.97. The highest BCUT2D eigenvalue weighted by molar-refractivity contribution is 5.94. The zero-order chi connectivity index (χ0) is 17.3. The molecular formula is C17H18F3N3O. The van der Waals surface area contributed by atoms with Crippen LogP contribution in [-0.4, -0.2) is 15.5 Å². The second-order valence-corrected chi connectivity index (χ2v) is 5.95. The summed E-state index contributed by atoms with van der Waals surface area (Å²) in [4.78, 5) is 16.7. The Morgan fingerprint density at radius 1 is 1.21 bits per heavy atom. The van der Waals surface area contributed by atoms with Gasteiger partial charge in [-0.05, 0) is 49.9 Å². The molecule has 3 rings (SSSR count). The average Bonchev–Trinajstić information content (AvgIpc) is 2.88. The van der Waals surface area contributed by atoms with Crippen molar-refractivity contribution in [1.29, 1.82) is 0 Å². The van der Waals surface area contributed by atoms with Crippen LogP contribution in [0.2, 0.25) is 0 Å². The van der Waals surface area contributed by atoms with Crippen LogP contribution in [0.3, 0.4) is 0 Å². The molecule has 0 unspecified atom stereocenters. The third-order valence-corrected chi connectivity index (χ3v) is 4.35. The van der Waals surface area contributed by atoms with E-state index in [-0.39, 0.29) is 12.1 Å². The van der Waals surface area contributed by atoms with Crippen LogP contribution < -0.4 is 5.32 Å². The van der Waals surface area contributed by atoms with Crippen LogP contribution >= 0.6 is 0 Å². The standard InChI is InChI=1S/C17H18F3N3O/c1-23-14-5-3-2-4-13(14)22-15(23)10-21-16(24)11-6-8-12(9-7-11)17(18,19)20/h6-9H,2-5,10H2,1H3,(H,21,24). The molecule has 4 nitrogen and oxygen atoms in total. The molecule has 1 amide bonds. The normalized spacial score (nSPS) is 14.3. The molecule has 0 saturated heterocycles. The summed E-state index contributed by atoms with van der Waals surface area (Å²) in [6.07, 6.45) is -0.187. The van der Waals surface area contributed by atoms with Crippen molar-refractivity contribution in [2.45, 2.75) is 38.4 Å². The molecule has 2 aromatic rings. The molecule has 128 valence electrons. The van der Waals surface area contributed by atoms with E-state index < -0.39 is 17.6 Å².